The lowest BCUT2D eigenvalue weighted by Gasteiger charge is -2.29. The third-order valence-electron chi connectivity index (χ3n) is 16.9. The molecule has 3 rings (SSSR count). The lowest BCUT2D eigenvalue weighted by Crippen LogP contribution is -2.61. The van der Waals surface area contributed by atoms with Crippen LogP contribution in [0.5, 0.6) is 5.75 Å². The Morgan fingerprint density at radius 2 is 0.731 bits per heavy atom. The maximum atomic E-state index is 14.8. The molecule has 0 heterocycles. The minimum atomic E-state index is -1.70. The second-order valence-electron chi connectivity index (χ2n) is 26.4. The van der Waals surface area contributed by atoms with Crippen LogP contribution < -0.4 is 81.0 Å². The number of aliphatic carboxylic acids is 2. The number of phenolic OH excluding ortho intramolecular Hbond substituents is 1. The van der Waals surface area contributed by atoms with Gasteiger partial charge in [-0.1, -0.05) is 107 Å². The molecule has 12 amide bonds. The van der Waals surface area contributed by atoms with E-state index >= 15 is 0 Å². The van der Waals surface area contributed by atoms with E-state index in [9.17, 15) is 87.5 Å². The summed E-state index contributed by atoms with van der Waals surface area (Å²) in [6.45, 7) is 13.7. The SMILES string of the molecule is CC[C@H](C)[C@H](NC(=O)[C@H](CC(C)C)NC(=O)[C@H](CC(=O)O)NC(=O)[C@H](C)N)C(=O)N[C@@H](C)C(=O)N[C@@H](Cc1ccc(O)cc1)C(=O)N[C@@H](Cc1ccccc1)C(=O)N[C@@H](CCCCN)C(=O)N[C@@H](C)C(=O)N[C@@H](C)C(=O)N[C@H](C(=O)N[C@@H](CCCCN)C(=O)N[C@@H](Cc1ccccc1)C(=O)O)[C@@H](C)O. The standard InChI is InChI=1S/C71H107N15O18/c1-10-39(4)57(85-68(100)51(33-38(2)3)82-67(99)54(37-56(89)90)80-59(91)40(5)74)69(101)77-42(7)61(93)81-52(35-47-27-29-48(88)30-28-47)66(98)83-53(34-45-21-13-11-14-22-45)65(97)78-49(25-17-19-31-72)63(95)76-41(6)60(92)75-43(8)62(94)86-58(44(9)87)70(102)79-50(26-18-20-32-73)64(96)84-55(71(103)104)36-46-23-15-12-16-24-46/h11-16,21-24,27-30,38-44,49-55,57-58,87-88H,10,17-20,25-26,31-37,72-74H2,1-9H3,(H,75,92)(H,76,95)(H,77,101)(H,78,97)(H,79,102)(H,80,91)(H,81,93)(H,82,99)(H,83,98)(H,84,96)(H,85,100)(H,86,94)(H,89,90)(H,103,104)/t39-,40-,41-,42-,43-,44+,49-,50-,51-,52-,53-,54-,55-,57-,58-/m0/s1. The number of carbonyl (C=O) groups is 14. The van der Waals surface area contributed by atoms with Crippen LogP contribution in [0.1, 0.15) is 137 Å². The normalized spacial score (nSPS) is 15.5. The van der Waals surface area contributed by atoms with Crippen molar-refractivity contribution in [2.45, 2.75) is 224 Å². The summed E-state index contributed by atoms with van der Waals surface area (Å²) in [6.07, 6.45) is -1.19. The Kier molecular flexibility index (Phi) is 38.2. The third kappa shape index (κ3) is 31.2. The van der Waals surface area contributed by atoms with Crippen molar-refractivity contribution in [3.63, 3.8) is 0 Å². The number of carboxylic acids is 2. The van der Waals surface area contributed by atoms with Crippen LogP contribution in [-0.2, 0) is 86.4 Å². The molecule has 0 aromatic heterocycles. The van der Waals surface area contributed by atoms with E-state index in [0.717, 1.165) is 0 Å². The number of hydrogen-bond donors (Lipinski definition) is 19. The highest BCUT2D eigenvalue weighted by Gasteiger charge is 2.38. The number of phenols is 1. The number of aromatic hydroxyl groups is 1. The van der Waals surface area contributed by atoms with Gasteiger partial charge < -0.3 is 101 Å². The molecular formula is C71H107N15O18. The maximum Gasteiger partial charge on any atom is 0.326 e. The Labute approximate surface area is 605 Å². The van der Waals surface area contributed by atoms with Gasteiger partial charge >= 0.3 is 11.9 Å². The number of carbonyl (C=O) groups excluding carboxylic acids is 12. The number of aliphatic hydroxyl groups is 1. The van der Waals surface area contributed by atoms with E-state index in [1.54, 1.807) is 88.4 Å². The van der Waals surface area contributed by atoms with Crippen molar-refractivity contribution in [1.82, 2.24) is 63.8 Å². The number of unbranched alkanes of at least 4 members (excludes halogenated alkanes) is 2. The van der Waals surface area contributed by atoms with Gasteiger partial charge in [0, 0.05) is 19.3 Å². The van der Waals surface area contributed by atoms with E-state index in [0.29, 0.717) is 42.4 Å². The smallest absolute Gasteiger partial charge is 0.326 e. The average Bonchev–Trinajstić information content (AvgIpc) is 0.854. The molecule has 0 spiro atoms. The monoisotopic (exact) mass is 1460 g/mol. The van der Waals surface area contributed by atoms with Gasteiger partial charge in [-0.05, 0) is 133 Å². The van der Waals surface area contributed by atoms with Crippen molar-refractivity contribution in [2.24, 2.45) is 29.0 Å². The van der Waals surface area contributed by atoms with E-state index in [1.807, 2.05) is 0 Å². The minimum Gasteiger partial charge on any atom is -0.508 e. The Morgan fingerprint density at radius 3 is 1.18 bits per heavy atom. The molecule has 0 saturated carbocycles. The molecule has 0 bridgehead atoms. The van der Waals surface area contributed by atoms with E-state index in [4.69, 9.17) is 17.2 Å². The van der Waals surface area contributed by atoms with Crippen molar-refractivity contribution in [2.75, 3.05) is 13.1 Å². The quantitative estimate of drug-likeness (QED) is 0.0270. The summed E-state index contributed by atoms with van der Waals surface area (Å²) in [5.41, 5.74) is 18.7. The maximum absolute atomic E-state index is 14.8. The summed E-state index contributed by atoms with van der Waals surface area (Å²) < 4.78 is 0. The molecule has 0 aliphatic rings. The van der Waals surface area contributed by atoms with Crippen molar-refractivity contribution in [1.29, 1.82) is 0 Å². The largest absolute Gasteiger partial charge is 0.508 e. The van der Waals surface area contributed by atoms with E-state index < -0.39 is 180 Å². The zero-order chi connectivity index (χ0) is 77.9. The molecular weight excluding hydrogens is 1350 g/mol. The number of nitrogens with one attached hydrogen (secondary N) is 12. The number of hydrogen-bond acceptors (Lipinski definition) is 19. The molecule has 22 N–H and O–H groups in total. The third-order valence-corrected chi connectivity index (χ3v) is 16.9. The summed E-state index contributed by atoms with van der Waals surface area (Å²) in [7, 11) is 0. The summed E-state index contributed by atoms with van der Waals surface area (Å²) in [5.74, 6) is -14.6. The first-order chi connectivity index (χ1) is 49.1. The van der Waals surface area contributed by atoms with Crippen molar-refractivity contribution < 1.29 is 87.5 Å². The van der Waals surface area contributed by atoms with Crippen LogP contribution in [0.25, 0.3) is 0 Å². The predicted octanol–water partition coefficient (Wildman–Crippen LogP) is -2.07. The van der Waals surface area contributed by atoms with Gasteiger partial charge in [0.05, 0.1) is 18.6 Å². The summed E-state index contributed by atoms with van der Waals surface area (Å²) in [6, 6.07) is 4.15. The molecule has 33 nitrogen and oxygen atoms in total. The predicted molar refractivity (Wildman–Crippen MR) is 382 cm³/mol. The van der Waals surface area contributed by atoms with Gasteiger partial charge in [0.2, 0.25) is 70.9 Å². The van der Waals surface area contributed by atoms with Gasteiger partial charge in [0.25, 0.3) is 0 Å². The number of nitrogens with two attached hydrogens (primary N) is 3. The van der Waals surface area contributed by atoms with Crippen LogP contribution in [-0.4, -0.2) is 201 Å². The van der Waals surface area contributed by atoms with Crippen LogP contribution in [0, 0.1) is 11.8 Å². The summed E-state index contributed by atoms with van der Waals surface area (Å²) in [5, 5.41) is 70.7. The zero-order valence-corrected chi connectivity index (χ0v) is 60.5. The van der Waals surface area contributed by atoms with Crippen LogP contribution in [0.4, 0.5) is 0 Å². The second kappa shape index (κ2) is 45.1. The number of amides is 12. The lowest BCUT2D eigenvalue weighted by atomic mass is 9.96. The Morgan fingerprint density at radius 1 is 0.385 bits per heavy atom. The molecule has 15 atom stereocenters. The molecule has 3 aromatic rings. The summed E-state index contributed by atoms with van der Waals surface area (Å²) in [4.78, 5) is 191. The fourth-order valence-electron chi connectivity index (χ4n) is 10.5. The molecule has 0 radical (unpaired) electrons. The van der Waals surface area contributed by atoms with Gasteiger partial charge in [0.15, 0.2) is 0 Å². The van der Waals surface area contributed by atoms with Crippen LogP contribution in [0.2, 0.25) is 0 Å². The van der Waals surface area contributed by atoms with Gasteiger partial charge in [-0.3, -0.25) is 62.3 Å². The highest BCUT2D eigenvalue weighted by Crippen LogP contribution is 2.16. The zero-order valence-electron chi connectivity index (χ0n) is 60.5. The average molecular weight is 1460 g/mol. The topological polar surface area (TPSA) is 542 Å². The van der Waals surface area contributed by atoms with Crippen LogP contribution in [0.15, 0.2) is 84.9 Å². The molecule has 0 unspecified atom stereocenters. The first kappa shape index (κ1) is 88.1. The Hall–Kier alpha value is -10.1. The van der Waals surface area contributed by atoms with Crippen molar-refractivity contribution in [3.05, 3.63) is 102 Å². The highest BCUT2D eigenvalue weighted by atomic mass is 16.4. The van der Waals surface area contributed by atoms with Crippen LogP contribution in [0.3, 0.4) is 0 Å². The second-order valence-corrected chi connectivity index (χ2v) is 26.4. The molecule has 0 fully saturated rings. The van der Waals surface area contributed by atoms with Crippen LogP contribution >= 0.6 is 0 Å². The minimum absolute atomic E-state index is 0.00495. The summed E-state index contributed by atoms with van der Waals surface area (Å²) >= 11 is 0. The molecule has 104 heavy (non-hydrogen) atoms. The van der Waals surface area contributed by atoms with Gasteiger partial charge in [-0.25, -0.2) is 4.79 Å². The molecule has 0 aliphatic heterocycles. The number of carboxylic acid groups (broad SMARTS) is 2. The van der Waals surface area contributed by atoms with E-state index in [1.165, 1.54) is 58.9 Å². The van der Waals surface area contributed by atoms with Crippen molar-refractivity contribution in [3.8, 4) is 5.75 Å². The fourth-order valence-corrected chi connectivity index (χ4v) is 10.5. The Bertz CT molecular complexity index is 3350. The van der Waals surface area contributed by atoms with E-state index in [-0.39, 0.29) is 69.7 Å². The molecule has 0 aliphatic carbocycles. The van der Waals surface area contributed by atoms with Gasteiger partial charge in [0.1, 0.15) is 78.3 Å². The first-order valence-electron chi connectivity index (χ1n) is 34.9. The highest BCUT2D eigenvalue weighted by molar-refractivity contribution is 6.00. The van der Waals surface area contributed by atoms with Crippen molar-refractivity contribution >= 4 is 82.8 Å². The molecule has 33 heteroatoms. The van der Waals surface area contributed by atoms with Gasteiger partial charge in [-0.15, -0.1) is 0 Å². The van der Waals surface area contributed by atoms with E-state index in [2.05, 4.69) is 63.8 Å². The molecule has 574 valence electrons. The van der Waals surface area contributed by atoms with Gasteiger partial charge in [-0.2, -0.15) is 0 Å². The molecule has 3 aromatic carbocycles. The number of benzene rings is 3. The molecule has 0 saturated heterocycles. The number of rotatable bonds is 46. The Balaban J connectivity index is 1.86. The lowest BCUT2D eigenvalue weighted by molar-refractivity contribution is -0.142. The fraction of sp³-hybridized carbons (Fsp3) is 0.549. The number of aliphatic hydroxyl groups excluding tert-OH is 1. The first-order valence-corrected chi connectivity index (χ1v) is 34.9.